The third-order valence-corrected chi connectivity index (χ3v) is 2.75. The highest BCUT2D eigenvalue weighted by molar-refractivity contribution is 5.81. The number of hydrogen-bond acceptors (Lipinski definition) is 7. The van der Waals surface area contributed by atoms with Crippen LogP contribution in [-0.4, -0.2) is 49.0 Å². The lowest BCUT2D eigenvalue weighted by atomic mass is 10.1. The minimum atomic E-state index is -0.757. The SMILES string of the molecule is CC(C)(C)OC(=O)N[C@@H](CCCCNCOC=N)C(=O)OC(C)(C)C. The van der Waals surface area contributed by atoms with Gasteiger partial charge in [-0.05, 0) is 67.3 Å². The van der Waals surface area contributed by atoms with Crippen LogP contribution in [0.15, 0.2) is 0 Å². The second-order valence-corrected chi connectivity index (χ2v) is 7.66. The van der Waals surface area contributed by atoms with Crippen LogP contribution >= 0.6 is 0 Å². The number of hydrogen-bond donors (Lipinski definition) is 3. The fraction of sp³-hybridized carbons (Fsp3) is 0.824. The Labute approximate surface area is 150 Å². The molecular weight excluding hydrogens is 326 g/mol. The third kappa shape index (κ3) is 14.2. The van der Waals surface area contributed by atoms with Gasteiger partial charge in [0.05, 0.1) is 0 Å². The van der Waals surface area contributed by atoms with E-state index in [1.165, 1.54) is 0 Å². The third-order valence-electron chi connectivity index (χ3n) is 2.75. The van der Waals surface area contributed by atoms with Crippen molar-refractivity contribution in [2.45, 2.75) is 78.0 Å². The molecule has 0 aromatic rings. The van der Waals surface area contributed by atoms with Gasteiger partial charge >= 0.3 is 12.1 Å². The maximum Gasteiger partial charge on any atom is 0.408 e. The number of unbranched alkanes of at least 4 members (excludes halogenated alkanes) is 1. The van der Waals surface area contributed by atoms with Gasteiger partial charge in [-0.1, -0.05) is 0 Å². The lowest BCUT2D eigenvalue weighted by Gasteiger charge is -2.26. The van der Waals surface area contributed by atoms with Crippen LogP contribution in [0.25, 0.3) is 0 Å². The number of esters is 1. The first-order chi connectivity index (χ1) is 11.4. The zero-order valence-electron chi connectivity index (χ0n) is 16.2. The van der Waals surface area contributed by atoms with Gasteiger partial charge in [0, 0.05) is 0 Å². The van der Waals surface area contributed by atoms with Gasteiger partial charge in [-0.2, -0.15) is 0 Å². The van der Waals surface area contributed by atoms with Crippen LogP contribution in [0.1, 0.15) is 60.8 Å². The molecule has 0 heterocycles. The lowest BCUT2D eigenvalue weighted by Crippen LogP contribution is -2.46. The Hall–Kier alpha value is -1.83. The van der Waals surface area contributed by atoms with Crippen LogP contribution in [0.5, 0.6) is 0 Å². The molecule has 0 saturated heterocycles. The average molecular weight is 359 g/mol. The summed E-state index contributed by atoms with van der Waals surface area (Å²) in [6.07, 6.45) is 2.17. The van der Waals surface area contributed by atoms with Crippen LogP contribution in [0.3, 0.4) is 0 Å². The van der Waals surface area contributed by atoms with Crippen molar-refractivity contribution in [2.24, 2.45) is 0 Å². The number of amides is 1. The molecule has 25 heavy (non-hydrogen) atoms. The van der Waals surface area contributed by atoms with Crippen molar-refractivity contribution in [3.8, 4) is 0 Å². The van der Waals surface area contributed by atoms with E-state index >= 15 is 0 Å². The van der Waals surface area contributed by atoms with Crippen LogP contribution in [0, 0.1) is 5.41 Å². The van der Waals surface area contributed by atoms with Crippen molar-refractivity contribution in [1.29, 1.82) is 5.41 Å². The Kier molecular flexibility index (Phi) is 10.1. The molecule has 146 valence electrons. The topological polar surface area (TPSA) is 110 Å². The first kappa shape index (κ1) is 23.2. The molecule has 0 aromatic carbocycles. The number of rotatable bonds is 10. The fourth-order valence-corrected chi connectivity index (χ4v) is 1.84. The summed E-state index contributed by atoms with van der Waals surface area (Å²) in [4.78, 5) is 24.3. The molecule has 0 fully saturated rings. The van der Waals surface area contributed by atoms with E-state index in [4.69, 9.17) is 19.6 Å². The van der Waals surface area contributed by atoms with Crippen molar-refractivity contribution >= 4 is 18.5 Å². The highest BCUT2D eigenvalue weighted by Gasteiger charge is 2.28. The molecule has 0 aliphatic rings. The van der Waals surface area contributed by atoms with Crippen molar-refractivity contribution in [2.75, 3.05) is 13.3 Å². The molecule has 0 rings (SSSR count). The van der Waals surface area contributed by atoms with E-state index < -0.39 is 29.3 Å². The summed E-state index contributed by atoms with van der Waals surface area (Å²) >= 11 is 0. The zero-order valence-corrected chi connectivity index (χ0v) is 16.2. The summed E-state index contributed by atoms with van der Waals surface area (Å²) in [6.45, 7) is 11.6. The average Bonchev–Trinajstić information content (AvgIpc) is 2.41. The molecule has 0 aromatic heterocycles. The van der Waals surface area contributed by atoms with Crippen LogP contribution in [-0.2, 0) is 19.0 Å². The van der Waals surface area contributed by atoms with E-state index in [0.717, 1.165) is 12.8 Å². The molecule has 0 unspecified atom stereocenters. The van der Waals surface area contributed by atoms with Crippen molar-refractivity contribution in [1.82, 2.24) is 10.6 Å². The number of ether oxygens (including phenoxy) is 3. The van der Waals surface area contributed by atoms with E-state index in [9.17, 15) is 9.59 Å². The minimum Gasteiger partial charge on any atom is -0.469 e. The summed E-state index contributed by atoms with van der Waals surface area (Å²) in [5, 5.41) is 12.3. The molecule has 0 radical (unpaired) electrons. The molecule has 8 nitrogen and oxygen atoms in total. The standard InChI is InChI=1S/C17H33N3O5/c1-16(2,3)24-14(21)13(20-15(22)25-17(4,5)6)9-7-8-10-19-12-23-11-18/h11,13,18-19H,7-10,12H2,1-6H3,(H,20,22)/t13-/m0/s1. The first-order valence-corrected chi connectivity index (χ1v) is 8.48. The predicted octanol–water partition coefficient (Wildman–Crippen LogP) is 2.56. The number of alkyl carbamates (subject to hydrolysis) is 1. The molecule has 3 N–H and O–H groups in total. The van der Waals surface area contributed by atoms with Crippen molar-refractivity contribution in [3.05, 3.63) is 0 Å². The van der Waals surface area contributed by atoms with Crippen LogP contribution in [0.4, 0.5) is 4.79 Å². The molecule has 0 saturated carbocycles. The zero-order chi connectivity index (χ0) is 19.5. The van der Waals surface area contributed by atoms with Crippen LogP contribution in [0.2, 0.25) is 0 Å². The van der Waals surface area contributed by atoms with Gasteiger partial charge in [0.25, 0.3) is 0 Å². The van der Waals surface area contributed by atoms with Gasteiger partial charge in [0.1, 0.15) is 24.0 Å². The molecule has 0 aliphatic heterocycles. The molecule has 0 aliphatic carbocycles. The quantitative estimate of drug-likeness (QED) is 0.182. The molecular formula is C17H33N3O5. The predicted molar refractivity (Wildman–Crippen MR) is 95.6 cm³/mol. The summed E-state index contributed by atoms with van der Waals surface area (Å²) in [7, 11) is 0. The highest BCUT2D eigenvalue weighted by atomic mass is 16.6. The van der Waals surface area contributed by atoms with Gasteiger partial charge in [-0.15, -0.1) is 0 Å². The molecule has 0 bridgehead atoms. The normalized spacial score (nSPS) is 12.9. The van der Waals surface area contributed by atoms with Gasteiger partial charge in [-0.25, -0.2) is 9.59 Å². The summed E-state index contributed by atoms with van der Waals surface area (Å²) < 4.78 is 15.3. The lowest BCUT2D eigenvalue weighted by molar-refractivity contribution is -0.157. The molecule has 1 amide bonds. The maximum absolute atomic E-state index is 12.3. The fourth-order valence-electron chi connectivity index (χ4n) is 1.84. The minimum absolute atomic E-state index is 0.273. The van der Waals surface area contributed by atoms with E-state index in [1.54, 1.807) is 41.5 Å². The molecule has 0 spiro atoms. The number of carbonyl (C=O) groups is 2. The summed E-state index contributed by atoms with van der Waals surface area (Å²) in [5.74, 6) is -0.474. The molecule has 8 heteroatoms. The Balaban J connectivity index is 4.50. The Morgan fingerprint density at radius 1 is 1.04 bits per heavy atom. The first-order valence-electron chi connectivity index (χ1n) is 8.48. The monoisotopic (exact) mass is 359 g/mol. The summed E-state index contributed by atoms with van der Waals surface area (Å²) in [6, 6.07) is -0.757. The van der Waals surface area contributed by atoms with Gasteiger partial charge in [0.2, 0.25) is 0 Å². The van der Waals surface area contributed by atoms with E-state index in [-0.39, 0.29) is 6.73 Å². The largest absolute Gasteiger partial charge is 0.469 e. The summed E-state index contributed by atoms with van der Waals surface area (Å²) in [5.41, 5.74) is -1.27. The van der Waals surface area contributed by atoms with Gasteiger partial charge < -0.3 is 19.5 Å². The Morgan fingerprint density at radius 3 is 2.16 bits per heavy atom. The van der Waals surface area contributed by atoms with Crippen molar-refractivity contribution < 1.29 is 23.8 Å². The van der Waals surface area contributed by atoms with Crippen molar-refractivity contribution in [3.63, 3.8) is 0 Å². The second-order valence-electron chi connectivity index (χ2n) is 7.66. The smallest absolute Gasteiger partial charge is 0.408 e. The van der Waals surface area contributed by atoms with E-state index in [0.29, 0.717) is 19.4 Å². The van der Waals surface area contributed by atoms with Crippen LogP contribution < -0.4 is 10.6 Å². The van der Waals surface area contributed by atoms with Gasteiger partial charge in [-0.3, -0.25) is 10.7 Å². The maximum atomic E-state index is 12.3. The van der Waals surface area contributed by atoms with E-state index in [1.807, 2.05) is 0 Å². The Bertz CT molecular complexity index is 427. The van der Waals surface area contributed by atoms with E-state index in [2.05, 4.69) is 10.6 Å². The second kappa shape index (κ2) is 10.9. The number of carbonyl (C=O) groups excluding carboxylic acids is 2. The Morgan fingerprint density at radius 2 is 1.64 bits per heavy atom. The molecule has 1 atom stereocenters. The number of nitrogens with one attached hydrogen (secondary N) is 3. The highest BCUT2D eigenvalue weighted by Crippen LogP contribution is 2.13. The van der Waals surface area contributed by atoms with Gasteiger partial charge in [0.15, 0.2) is 6.40 Å².